The highest BCUT2D eigenvalue weighted by Gasteiger charge is 2.12. The Morgan fingerprint density at radius 3 is 2.62 bits per heavy atom. The molecule has 148 valence electrons. The molecule has 0 bridgehead atoms. The molecule has 0 saturated heterocycles. The van der Waals surface area contributed by atoms with E-state index in [1.807, 2.05) is 12.1 Å². The molecule has 3 rings (SSSR count). The van der Waals surface area contributed by atoms with E-state index in [-0.39, 0.29) is 41.9 Å². The van der Waals surface area contributed by atoms with Gasteiger partial charge in [0.1, 0.15) is 0 Å². The van der Waals surface area contributed by atoms with E-state index in [4.69, 9.17) is 11.6 Å². The highest BCUT2D eigenvalue weighted by atomic mass is 35.5. The fourth-order valence-corrected chi connectivity index (χ4v) is 2.90. The van der Waals surface area contributed by atoms with Crippen molar-refractivity contribution in [2.24, 2.45) is 0 Å². The van der Waals surface area contributed by atoms with Crippen LogP contribution in [0.5, 0.6) is 0 Å². The zero-order valence-corrected chi connectivity index (χ0v) is 16.2. The number of carbonyl (C=O) groups excluding carboxylic acids is 2. The van der Waals surface area contributed by atoms with Gasteiger partial charge in [-0.1, -0.05) is 23.7 Å². The van der Waals surface area contributed by atoms with Crippen molar-refractivity contribution in [3.63, 3.8) is 0 Å². The van der Waals surface area contributed by atoms with Crippen LogP contribution in [0.3, 0.4) is 0 Å². The monoisotopic (exact) mass is 410 g/mol. The molecular weight excluding hydrogens is 392 g/mol. The van der Waals surface area contributed by atoms with Gasteiger partial charge in [-0.05, 0) is 36.4 Å². The average molecular weight is 411 g/mol. The number of nitrogens with one attached hydrogen (secondary N) is 2. The summed E-state index contributed by atoms with van der Waals surface area (Å²) in [7, 11) is 0. The summed E-state index contributed by atoms with van der Waals surface area (Å²) in [6.45, 7) is 0.556. The highest BCUT2D eigenvalue weighted by molar-refractivity contribution is 6.34. The standard InChI is InChI=1S/C21H19ClN4O3/c22-18-13-15(25-19(27)9-12-26-11-4-2-6-20(26)28)7-8-17(18)21(29)24-14-16-5-1-3-10-23-16/h1-8,10-11,13H,9,12,14H2,(H,24,29)(H,25,27). The number of anilines is 1. The molecule has 1 aromatic carbocycles. The number of pyridine rings is 2. The molecule has 0 unspecified atom stereocenters. The molecule has 2 amide bonds. The van der Waals surface area contributed by atoms with E-state index >= 15 is 0 Å². The molecule has 2 aromatic heterocycles. The maximum Gasteiger partial charge on any atom is 0.253 e. The van der Waals surface area contributed by atoms with Crippen LogP contribution >= 0.6 is 11.6 Å². The van der Waals surface area contributed by atoms with Gasteiger partial charge < -0.3 is 15.2 Å². The maximum absolute atomic E-state index is 12.3. The van der Waals surface area contributed by atoms with Crippen LogP contribution in [-0.2, 0) is 17.9 Å². The zero-order valence-electron chi connectivity index (χ0n) is 15.5. The predicted octanol–water partition coefficient (Wildman–Crippen LogP) is 2.86. The Bertz CT molecular complexity index is 1070. The quantitative estimate of drug-likeness (QED) is 0.626. The average Bonchev–Trinajstić information content (AvgIpc) is 2.72. The molecule has 0 saturated carbocycles. The Morgan fingerprint density at radius 1 is 1.07 bits per heavy atom. The lowest BCUT2D eigenvalue weighted by molar-refractivity contribution is -0.116. The number of aromatic nitrogens is 2. The van der Waals surface area contributed by atoms with Crippen molar-refractivity contribution in [2.75, 3.05) is 5.32 Å². The Morgan fingerprint density at radius 2 is 1.90 bits per heavy atom. The van der Waals surface area contributed by atoms with Crippen LogP contribution in [0.2, 0.25) is 5.02 Å². The van der Waals surface area contributed by atoms with E-state index in [1.54, 1.807) is 42.7 Å². The number of carbonyl (C=O) groups is 2. The van der Waals surface area contributed by atoms with Crippen LogP contribution in [0.15, 0.2) is 71.8 Å². The van der Waals surface area contributed by atoms with Gasteiger partial charge in [0.25, 0.3) is 11.5 Å². The van der Waals surface area contributed by atoms with Gasteiger partial charge in [-0.25, -0.2) is 0 Å². The summed E-state index contributed by atoms with van der Waals surface area (Å²) in [5, 5.41) is 5.69. The van der Waals surface area contributed by atoms with E-state index in [2.05, 4.69) is 15.6 Å². The molecule has 3 aromatic rings. The molecule has 0 aliphatic heterocycles. The second-order valence-electron chi connectivity index (χ2n) is 6.23. The van der Waals surface area contributed by atoms with Gasteiger partial charge in [0.15, 0.2) is 0 Å². The van der Waals surface area contributed by atoms with Crippen molar-refractivity contribution in [3.05, 3.63) is 93.6 Å². The largest absolute Gasteiger partial charge is 0.346 e. The van der Waals surface area contributed by atoms with E-state index in [9.17, 15) is 14.4 Å². The first-order valence-electron chi connectivity index (χ1n) is 8.96. The lowest BCUT2D eigenvalue weighted by Gasteiger charge is -2.10. The van der Waals surface area contributed by atoms with Crippen LogP contribution in [0, 0.1) is 0 Å². The van der Waals surface area contributed by atoms with Gasteiger partial charge in [-0.3, -0.25) is 19.4 Å². The smallest absolute Gasteiger partial charge is 0.253 e. The number of halogens is 1. The van der Waals surface area contributed by atoms with E-state index in [0.717, 1.165) is 5.69 Å². The van der Waals surface area contributed by atoms with Crippen molar-refractivity contribution in [1.82, 2.24) is 14.9 Å². The molecule has 2 heterocycles. The fourth-order valence-electron chi connectivity index (χ4n) is 2.64. The predicted molar refractivity (Wildman–Crippen MR) is 111 cm³/mol. The molecule has 2 N–H and O–H groups in total. The molecule has 7 nitrogen and oxygen atoms in total. The minimum absolute atomic E-state index is 0.133. The second-order valence-corrected chi connectivity index (χ2v) is 6.64. The first-order chi connectivity index (χ1) is 14.0. The first-order valence-corrected chi connectivity index (χ1v) is 9.34. The molecule has 8 heteroatoms. The van der Waals surface area contributed by atoms with Crippen molar-refractivity contribution >= 4 is 29.1 Å². The second kappa shape index (κ2) is 9.66. The molecular formula is C21H19ClN4O3. The molecule has 0 atom stereocenters. The Kier molecular flexibility index (Phi) is 6.76. The van der Waals surface area contributed by atoms with Gasteiger partial charge in [-0.2, -0.15) is 0 Å². The van der Waals surface area contributed by atoms with Crippen LogP contribution < -0.4 is 16.2 Å². The van der Waals surface area contributed by atoms with Gasteiger partial charge in [-0.15, -0.1) is 0 Å². The first kappa shape index (κ1) is 20.3. The molecule has 0 fully saturated rings. The summed E-state index contributed by atoms with van der Waals surface area (Å²) in [4.78, 5) is 40.2. The lowest BCUT2D eigenvalue weighted by atomic mass is 10.2. The van der Waals surface area contributed by atoms with Crippen molar-refractivity contribution in [3.8, 4) is 0 Å². The minimum Gasteiger partial charge on any atom is -0.346 e. The third kappa shape index (κ3) is 5.76. The summed E-state index contributed by atoms with van der Waals surface area (Å²) in [5.41, 5.74) is 1.35. The third-order valence-electron chi connectivity index (χ3n) is 4.13. The van der Waals surface area contributed by atoms with Gasteiger partial charge in [0.05, 0.1) is 22.8 Å². The molecule has 0 radical (unpaired) electrons. The SMILES string of the molecule is O=C(CCn1ccccc1=O)Nc1ccc(C(=O)NCc2ccccn2)c(Cl)c1. The molecule has 0 spiro atoms. The molecule has 0 aliphatic rings. The number of amides is 2. The number of aryl methyl sites for hydroxylation is 1. The summed E-state index contributed by atoms with van der Waals surface area (Å²) < 4.78 is 1.46. The number of nitrogens with zero attached hydrogens (tertiary/aromatic N) is 2. The highest BCUT2D eigenvalue weighted by Crippen LogP contribution is 2.21. The van der Waals surface area contributed by atoms with Crippen molar-refractivity contribution < 1.29 is 9.59 Å². The van der Waals surface area contributed by atoms with Crippen LogP contribution in [0.1, 0.15) is 22.5 Å². The minimum atomic E-state index is -0.331. The lowest BCUT2D eigenvalue weighted by Crippen LogP contribution is -2.24. The summed E-state index contributed by atoms with van der Waals surface area (Å²) in [6, 6.07) is 14.9. The van der Waals surface area contributed by atoms with Crippen LogP contribution in [-0.4, -0.2) is 21.4 Å². The van der Waals surface area contributed by atoms with E-state index < -0.39 is 0 Å². The van der Waals surface area contributed by atoms with Crippen LogP contribution in [0.4, 0.5) is 5.69 Å². The van der Waals surface area contributed by atoms with Crippen LogP contribution in [0.25, 0.3) is 0 Å². The van der Waals surface area contributed by atoms with E-state index in [1.165, 1.54) is 16.7 Å². The zero-order chi connectivity index (χ0) is 20.6. The Labute approximate surface area is 172 Å². The number of rotatable bonds is 7. The van der Waals surface area contributed by atoms with Gasteiger partial charge in [0.2, 0.25) is 5.91 Å². The topological polar surface area (TPSA) is 93.1 Å². The van der Waals surface area contributed by atoms with Crippen molar-refractivity contribution in [1.29, 1.82) is 0 Å². The third-order valence-corrected chi connectivity index (χ3v) is 4.45. The van der Waals surface area contributed by atoms with Gasteiger partial charge in [0, 0.05) is 37.1 Å². The summed E-state index contributed by atoms with van der Waals surface area (Å²) >= 11 is 6.21. The summed E-state index contributed by atoms with van der Waals surface area (Å²) in [6.07, 6.45) is 3.42. The normalized spacial score (nSPS) is 10.4. The maximum atomic E-state index is 12.3. The Hall–Kier alpha value is -3.45. The van der Waals surface area contributed by atoms with Crippen molar-refractivity contribution in [2.45, 2.75) is 19.5 Å². The fraction of sp³-hybridized carbons (Fsp3) is 0.143. The summed E-state index contributed by atoms with van der Waals surface area (Å²) in [5.74, 6) is -0.592. The van der Waals surface area contributed by atoms with E-state index in [0.29, 0.717) is 11.3 Å². The van der Waals surface area contributed by atoms with Gasteiger partial charge >= 0.3 is 0 Å². The molecule has 29 heavy (non-hydrogen) atoms. The number of hydrogen-bond donors (Lipinski definition) is 2. The number of hydrogen-bond acceptors (Lipinski definition) is 4. The molecule has 0 aliphatic carbocycles. The number of benzene rings is 1. The Balaban J connectivity index is 1.55.